The van der Waals surface area contributed by atoms with E-state index in [1.165, 1.54) is 64.2 Å². The summed E-state index contributed by atoms with van der Waals surface area (Å²) in [6.45, 7) is 12.4. The fourth-order valence-electron chi connectivity index (χ4n) is 2.72. The molecule has 0 aliphatic rings. The van der Waals surface area contributed by atoms with Crippen LogP contribution >= 0.6 is 0 Å². The lowest BCUT2D eigenvalue weighted by Crippen LogP contribution is -2.22. The molecule has 4 nitrogen and oxygen atoms in total. The second kappa shape index (κ2) is 20.2. The number of unbranched alkanes of at least 4 members (excludes halogenated alkanes) is 10. The van der Waals surface area contributed by atoms with Gasteiger partial charge in [-0.1, -0.05) is 64.0 Å². The van der Waals surface area contributed by atoms with Gasteiger partial charge < -0.3 is 10.1 Å². The summed E-state index contributed by atoms with van der Waals surface area (Å²) in [6.07, 6.45) is 17.5. The average molecular weight is 367 g/mol. The second-order valence-corrected chi connectivity index (χ2v) is 7.07. The molecule has 0 aliphatic carbocycles. The Kier molecular flexibility index (Phi) is 19.3. The van der Waals surface area contributed by atoms with Crippen molar-refractivity contribution in [3.63, 3.8) is 0 Å². The smallest absolute Gasteiger partial charge is 0.334 e. The van der Waals surface area contributed by atoms with E-state index in [0.717, 1.165) is 32.5 Å². The zero-order valence-electron chi connectivity index (χ0n) is 17.1. The van der Waals surface area contributed by atoms with Gasteiger partial charge >= 0.3 is 5.97 Å². The van der Waals surface area contributed by atoms with Crippen LogP contribution in [0.3, 0.4) is 0 Å². The highest BCUT2D eigenvalue weighted by Crippen LogP contribution is 2.10. The summed E-state index contributed by atoms with van der Waals surface area (Å²) >= 11 is 0. The van der Waals surface area contributed by atoms with Crippen LogP contribution in [0.4, 0.5) is 0 Å². The van der Waals surface area contributed by atoms with Crippen LogP contribution in [0, 0.1) is 0 Å². The van der Waals surface area contributed by atoms with Crippen molar-refractivity contribution in [1.82, 2.24) is 10.6 Å². The molecule has 0 atom stereocenters. The molecule has 0 aromatic heterocycles. The van der Waals surface area contributed by atoms with E-state index in [4.69, 9.17) is 4.74 Å². The van der Waals surface area contributed by atoms with E-state index < -0.39 is 0 Å². The first-order valence-corrected chi connectivity index (χ1v) is 10.5. The Labute approximate surface area is 161 Å². The SMILES string of the molecule is C=CCCCNCCCCCCCCCCCCNCOC(=O)C(=C)C. The number of nitrogens with one attached hydrogen (secondary N) is 2. The van der Waals surface area contributed by atoms with Gasteiger partial charge in [0, 0.05) is 5.57 Å². The van der Waals surface area contributed by atoms with E-state index in [2.05, 4.69) is 23.8 Å². The summed E-state index contributed by atoms with van der Waals surface area (Å²) in [4.78, 5) is 11.2. The molecule has 0 aromatic carbocycles. The minimum absolute atomic E-state index is 0.288. The monoisotopic (exact) mass is 366 g/mol. The molecule has 0 saturated heterocycles. The van der Waals surface area contributed by atoms with Crippen LogP contribution in [-0.2, 0) is 9.53 Å². The zero-order valence-corrected chi connectivity index (χ0v) is 17.1. The first kappa shape index (κ1) is 24.9. The van der Waals surface area contributed by atoms with Crippen molar-refractivity contribution in [2.75, 3.05) is 26.4 Å². The predicted octanol–water partition coefficient (Wildman–Crippen LogP) is 5.11. The van der Waals surface area contributed by atoms with Gasteiger partial charge in [0.2, 0.25) is 0 Å². The average Bonchev–Trinajstić information content (AvgIpc) is 2.63. The normalized spacial score (nSPS) is 10.7. The van der Waals surface area contributed by atoms with Crippen molar-refractivity contribution < 1.29 is 9.53 Å². The van der Waals surface area contributed by atoms with Gasteiger partial charge in [-0.15, -0.1) is 6.58 Å². The molecule has 0 spiro atoms. The first-order valence-electron chi connectivity index (χ1n) is 10.5. The Hall–Kier alpha value is -1.13. The molecule has 0 saturated carbocycles. The molecule has 0 aromatic rings. The van der Waals surface area contributed by atoms with E-state index in [1.54, 1.807) is 6.92 Å². The summed E-state index contributed by atoms with van der Waals surface area (Å²) in [5.74, 6) is -0.322. The van der Waals surface area contributed by atoms with Gasteiger partial charge in [-0.3, -0.25) is 5.32 Å². The van der Waals surface area contributed by atoms with Crippen molar-refractivity contribution in [2.45, 2.75) is 84.0 Å². The highest BCUT2D eigenvalue weighted by Gasteiger charge is 2.01. The summed E-state index contributed by atoms with van der Waals surface area (Å²) in [5.41, 5.74) is 0.447. The van der Waals surface area contributed by atoms with E-state index in [0.29, 0.717) is 5.57 Å². The largest absolute Gasteiger partial charge is 0.446 e. The van der Waals surface area contributed by atoms with Crippen LogP contribution in [0.5, 0.6) is 0 Å². The molecule has 0 unspecified atom stereocenters. The molecule has 4 heteroatoms. The fourth-order valence-corrected chi connectivity index (χ4v) is 2.72. The minimum atomic E-state index is -0.322. The highest BCUT2D eigenvalue weighted by atomic mass is 16.5. The maximum absolute atomic E-state index is 11.2. The van der Waals surface area contributed by atoms with Gasteiger partial charge in [-0.05, 0) is 52.2 Å². The molecule has 0 rings (SSSR count). The van der Waals surface area contributed by atoms with Gasteiger partial charge in [0.25, 0.3) is 0 Å². The van der Waals surface area contributed by atoms with Gasteiger partial charge in [0.05, 0.1) is 0 Å². The Morgan fingerprint density at radius 3 is 1.77 bits per heavy atom. The molecule has 152 valence electrons. The number of hydrogen-bond donors (Lipinski definition) is 2. The lowest BCUT2D eigenvalue weighted by atomic mass is 10.1. The third-order valence-electron chi connectivity index (χ3n) is 4.37. The molecule has 2 N–H and O–H groups in total. The summed E-state index contributed by atoms with van der Waals surface area (Å²) in [6, 6.07) is 0. The third kappa shape index (κ3) is 19.2. The number of hydrogen-bond acceptors (Lipinski definition) is 4. The van der Waals surface area contributed by atoms with Crippen LogP contribution in [0.15, 0.2) is 24.8 Å². The van der Waals surface area contributed by atoms with Crippen molar-refractivity contribution in [1.29, 1.82) is 0 Å². The zero-order chi connectivity index (χ0) is 19.3. The standard InChI is InChI=1S/C22H42N2O2/c1-4-5-14-17-23-18-15-12-10-8-6-7-9-11-13-16-19-24-20-26-22(25)21(2)3/h4,23-24H,1-2,5-20H2,3H3. The van der Waals surface area contributed by atoms with Gasteiger partial charge in [-0.2, -0.15) is 0 Å². The Morgan fingerprint density at radius 2 is 1.27 bits per heavy atom. The van der Waals surface area contributed by atoms with E-state index in [1.807, 2.05) is 6.08 Å². The second-order valence-electron chi connectivity index (χ2n) is 7.07. The minimum Gasteiger partial charge on any atom is -0.446 e. The highest BCUT2D eigenvalue weighted by molar-refractivity contribution is 5.86. The van der Waals surface area contributed by atoms with Crippen molar-refractivity contribution in [2.24, 2.45) is 0 Å². The third-order valence-corrected chi connectivity index (χ3v) is 4.37. The van der Waals surface area contributed by atoms with Gasteiger partial charge in [0.15, 0.2) is 0 Å². The lowest BCUT2D eigenvalue weighted by molar-refractivity contribution is -0.139. The van der Waals surface area contributed by atoms with Crippen molar-refractivity contribution >= 4 is 5.97 Å². The van der Waals surface area contributed by atoms with Crippen LogP contribution in [0.2, 0.25) is 0 Å². The summed E-state index contributed by atoms with van der Waals surface area (Å²) in [7, 11) is 0. The molecule has 0 aliphatic heterocycles. The summed E-state index contributed by atoms with van der Waals surface area (Å²) in [5, 5.41) is 6.62. The number of carbonyl (C=O) groups excluding carboxylic acids is 1. The molecular formula is C22H42N2O2. The first-order chi connectivity index (χ1) is 12.7. The van der Waals surface area contributed by atoms with Crippen molar-refractivity contribution in [3.8, 4) is 0 Å². The van der Waals surface area contributed by atoms with E-state index >= 15 is 0 Å². The predicted molar refractivity (Wildman–Crippen MR) is 112 cm³/mol. The maximum Gasteiger partial charge on any atom is 0.334 e. The molecular weight excluding hydrogens is 324 g/mol. The molecule has 0 amide bonds. The number of esters is 1. The maximum atomic E-state index is 11.2. The molecule has 0 radical (unpaired) electrons. The number of allylic oxidation sites excluding steroid dienone is 1. The quantitative estimate of drug-likeness (QED) is 0.103. The Balaban J connectivity index is 3.06. The Bertz CT molecular complexity index is 356. The molecule has 0 fully saturated rings. The lowest BCUT2D eigenvalue weighted by Gasteiger charge is -2.06. The van der Waals surface area contributed by atoms with Crippen molar-refractivity contribution in [3.05, 3.63) is 24.8 Å². The summed E-state index contributed by atoms with van der Waals surface area (Å²) < 4.78 is 4.98. The van der Waals surface area contributed by atoms with Gasteiger partial charge in [0.1, 0.15) is 6.73 Å². The molecule has 26 heavy (non-hydrogen) atoms. The van der Waals surface area contributed by atoms with Crippen LogP contribution in [-0.4, -0.2) is 32.3 Å². The fraction of sp³-hybridized carbons (Fsp3) is 0.773. The van der Waals surface area contributed by atoms with Crippen LogP contribution in [0.25, 0.3) is 0 Å². The van der Waals surface area contributed by atoms with E-state index in [9.17, 15) is 4.79 Å². The Morgan fingerprint density at radius 1 is 0.808 bits per heavy atom. The van der Waals surface area contributed by atoms with E-state index in [-0.39, 0.29) is 12.7 Å². The number of rotatable bonds is 20. The number of ether oxygens (including phenoxy) is 1. The van der Waals surface area contributed by atoms with Gasteiger partial charge in [-0.25, -0.2) is 4.79 Å². The topological polar surface area (TPSA) is 50.4 Å². The number of carbonyl (C=O) groups is 1. The molecule has 0 bridgehead atoms. The van der Waals surface area contributed by atoms with Crippen LogP contribution < -0.4 is 10.6 Å². The molecule has 0 heterocycles. The van der Waals surface area contributed by atoms with Crippen LogP contribution in [0.1, 0.15) is 84.0 Å².